The summed E-state index contributed by atoms with van der Waals surface area (Å²) < 4.78 is 31.7. The molecule has 2 N–H and O–H groups in total. The lowest BCUT2D eigenvalue weighted by molar-refractivity contribution is 0.415. The van der Waals surface area contributed by atoms with Crippen molar-refractivity contribution in [1.29, 1.82) is 0 Å². The fourth-order valence-corrected chi connectivity index (χ4v) is 1.54. The van der Waals surface area contributed by atoms with Crippen LogP contribution in [0.3, 0.4) is 0 Å². The van der Waals surface area contributed by atoms with Crippen molar-refractivity contribution < 1.29 is 23.6 Å². The Hall–Kier alpha value is -2.08. The number of phenolic OH excluding ortho intramolecular Hbond substituents is 1. The van der Waals surface area contributed by atoms with Gasteiger partial charge in [0, 0.05) is 5.56 Å². The first-order chi connectivity index (χ1) is 8.63. The molecule has 6 heteroatoms. The Morgan fingerprint density at radius 1 is 0.944 bits per heavy atom. The molecule has 0 spiro atoms. The van der Waals surface area contributed by atoms with Gasteiger partial charge in [0.1, 0.15) is 11.5 Å². The van der Waals surface area contributed by atoms with Crippen LogP contribution in [0.2, 0.25) is 0 Å². The average molecular weight is 249 g/mol. The van der Waals surface area contributed by atoms with Crippen LogP contribution in [0.15, 0.2) is 36.4 Å². The van der Waals surface area contributed by atoms with E-state index < -0.39 is 17.4 Å². The van der Waals surface area contributed by atoms with Gasteiger partial charge in [-0.2, -0.15) is 4.39 Å². The molecule has 0 amide bonds. The van der Waals surface area contributed by atoms with Gasteiger partial charge in [0.15, 0.2) is 11.6 Å². The molecule has 3 nitrogen and oxygen atoms in total. The van der Waals surface area contributed by atoms with E-state index in [0.717, 1.165) is 0 Å². The number of phenols is 1. The number of halogens is 2. The predicted octanol–water partition coefficient (Wildman–Crippen LogP) is 2.24. The van der Waals surface area contributed by atoms with E-state index in [4.69, 9.17) is 10.1 Å². The van der Waals surface area contributed by atoms with E-state index in [1.807, 2.05) is 0 Å². The highest BCUT2D eigenvalue weighted by Gasteiger charge is 2.15. The van der Waals surface area contributed by atoms with Crippen LogP contribution < -0.4 is 4.65 Å². The minimum absolute atomic E-state index is 0.0365. The maximum Gasteiger partial charge on any atom is 0.569 e. The van der Waals surface area contributed by atoms with Gasteiger partial charge in [-0.3, -0.25) is 0 Å². The maximum absolute atomic E-state index is 13.8. The smallest absolute Gasteiger partial charge is 0.535 e. The van der Waals surface area contributed by atoms with E-state index >= 15 is 0 Å². The summed E-state index contributed by atoms with van der Waals surface area (Å²) in [7, 11) is 0.276. The zero-order valence-corrected chi connectivity index (χ0v) is 9.10. The molecule has 0 fully saturated rings. The molecule has 0 bridgehead atoms. The Labute approximate surface area is 103 Å². The molecule has 0 saturated carbocycles. The number of hydrogen-bond acceptors (Lipinski definition) is 3. The molecule has 0 aliphatic carbocycles. The lowest BCUT2D eigenvalue weighted by Crippen LogP contribution is -2.03. The summed E-state index contributed by atoms with van der Waals surface area (Å²) in [5.74, 6) is -2.64. The third-order valence-electron chi connectivity index (χ3n) is 2.40. The average Bonchev–Trinajstić information content (AvgIpc) is 2.37. The summed E-state index contributed by atoms with van der Waals surface area (Å²) in [4.78, 5) is 0. The minimum Gasteiger partial charge on any atom is -0.535 e. The first kappa shape index (κ1) is 12.4. The van der Waals surface area contributed by atoms with Gasteiger partial charge in [0.25, 0.3) is 0 Å². The lowest BCUT2D eigenvalue weighted by Gasteiger charge is -2.08. The highest BCUT2D eigenvalue weighted by molar-refractivity contribution is 6.17. The van der Waals surface area contributed by atoms with E-state index in [2.05, 4.69) is 4.65 Å². The number of hydrogen-bond donors (Lipinski definition) is 2. The van der Waals surface area contributed by atoms with E-state index in [-0.39, 0.29) is 19.0 Å². The van der Waals surface area contributed by atoms with Gasteiger partial charge >= 0.3 is 7.69 Å². The van der Waals surface area contributed by atoms with Gasteiger partial charge in [0.05, 0.1) is 0 Å². The summed E-state index contributed by atoms with van der Waals surface area (Å²) in [5.41, 5.74) is 0.460. The van der Waals surface area contributed by atoms with Crippen molar-refractivity contribution in [2.75, 3.05) is 0 Å². The third kappa shape index (κ3) is 2.28. The second-order valence-corrected chi connectivity index (χ2v) is 3.51. The zero-order valence-electron chi connectivity index (χ0n) is 9.10. The summed E-state index contributed by atoms with van der Waals surface area (Å²) in [6, 6.07) is 8.20. The van der Waals surface area contributed by atoms with E-state index in [1.54, 1.807) is 0 Å². The van der Waals surface area contributed by atoms with E-state index in [0.29, 0.717) is 5.56 Å². The largest absolute Gasteiger partial charge is 0.569 e. The molecule has 2 rings (SSSR count). The van der Waals surface area contributed by atoms with Crippen molar-refractivity contribution in [3.8, 4) is 22.6 Å². The predicted molar refractivity (Wildman–Crippen MR) is 62.1 cm³/mol. The van der Waals surface area contributed by atoms with Gasteiger partial charge in [-0.15, -0.1) is 0 Å². The number of aromatic hydroxyl groups is 1. The summed E-state index contributed by atoms with van der Waals surface area (Å²) in [6.07, 6.45) is 0. The fourth-order valence-electron chi connectivity index (χ4n) is 1.54. The van der Waals surface area contributed by atoms with Crippen molar-refractivity contribution in [1.82, 2.24) is 0 Å². The Balaban J connectivity index is 2.46. The normalized spacial score (nSPS) is 10.2. The van der Waals surface area contributed by atoms with E-state index in [1.165, 1.54) is 36.4 Å². The highest BCUT2D eigenvalue weighted by atomic mass is 19.2. The SMILES string of the molecule is O[B]Oc1ccc(-c2ccc(O)cc2)c(F)c1F. The number of rotatable bonds is 3. The summed E-state index contributed by atoms with van der Waals surface area (Å²) >= 11 is 0. The molecular weight excluding hydrogens is 241 g/mol. The zero-order chi connectivity index (χ0) is 13.1. The van der Waals surface area contributed by atoms with Gasteiger partial charge in [-0.1, -0.05) is 12.1 Å². The molecular formula is C12H8BF2O3. The Morgan fingerprint density at radius 2 is 1.61 bits per heavy atom. The molecule has 2 aromatic rings. The van der Waals surface area contributed by atoms with Crippen molar-refractivity contribution in [3.05, 3.63) is 48.0 Å². The minimum atomic E-state index is -1.19. The monoisotopic (exact) mass is 249 g/mol. The molecule has 0 saturated heterocycles. The van der Waals surface area contributed by atoms with Crippen molar-refractivity contribution in [3.63, 3.8) is 0 Å². The molecule has 0 aliphatic heterocycles. The van der Waals surface area contributed by atoms with Crippen LogP contribution in [0.5, 0.6) is 11.5 Å². The first-order valence-electron chi connectivity index (χ1n) is 5.03. The lowest BCUT2D eigenvalue weighted by atomic mass is 10.0. The molecule has 2 aromatic carbocycles. The topological polar surface area (TPSA) is 49.7 Å². The molecule has 0 atom stereocenters. The first-order valence-corrected chi connectivity index (χ1v) is 5.03. The molecule has 0 heterocycles. The van der Waals surface area contributed by atoms with Crippen LogP contribution in [0.25, 0.3) is 11.1 Å². The van der Waals surface area contributed by atoms with E-state index in [9.17, 15) is 8.78 Å². The molecule has 91 valence electrons. The summed E-state index contributed by atoms with van der Waals surface area (Å²) in [6.45, 7) is 0. The third-order valence-corrected chi connectivity index (χ3v) is 2.40. The van der Waals surface area contributed by atoms with Crippen LogP contribution in [-0.4, -0.2) is 17.8 Å². The quantitative estimate of drug-likeness (QED) is 0.820. The Bertz CT molecular complexity index is 558. The van der Waals surface area contributed by atoms with Gasteiger partial charge in [0.2, 0.25) is 0 Å². The van der Waals surface area contributed by atoms with Crippen molar-refractivity contribution >= 4 is 7.69 Å². The second-order valence-electron chi connectivity index (χ2n) is 3.51. The van der Waals surface area contributed by atoms with Crippen LogP contribution in [0, 0.1) is 11.6 Å². The molecule has 0 unspecified atom stereocenters. The Morgan fingerprint density at radius 3 is 2.22 bits per heavy atom. The molecule has 18 heavy (non-hydrogen) atoms. The van der Waals surface area contributed by atoms with Crippen LogP contribution in [-0.2, 0) is 0 Å². The molecule has 0 aromatic heterocycles. The molecule has 0 aliphatic rings. The highest BCUT2D eigenvalue weighted by Crippen LogP contribution is 2.30. The maximum atomic E-state index is 13.8. The van der Waals surface area contributed by atoms with Gasteiger partial charge < -0.3 is 14.8 Å². The molecule has 1 radical (unpaired) electrons. The van der Waals surface area contributed by atoms with Gasteiger partial charge in [-0.05, 0) is 29.8 Å². The van der Waals surface area contributed by atoms with Crippen LogP contribution in [0.4, 0.5) is 8.78 Å². The second kappa shape index (κ2) is 5.06. The van der Waals surface area contributed by atoms with Crippen molar-refractivity contribution in [2.45, 2.75) is 0 Å². The van der Waals surface area contributed by atoms with Crippen molar-refractivity contribution in [2.24, 2.45) is 0 Å². The Kier molecular flexibility index (Phi) is 3.48. The fraction of sp³-hybridized carbons (Fsp3) is 0. The summed E-state index contributed by atoms with van der Waals surface area (Å²) in [5, 5.41) is 17.5. The standard InChI is InChI=1S/C12H8BF2O3/c14-11-9(7-1-3-8(16)4-2-7)5-6-10(12(11)15)18-13-17/h1-6,16-17H. The number of benzene rings is 2. The van der Waals surface area contributed by atoms with Crippen LogP contribution >= 0.6 is 0 Å². The van der Waals surface area contributed by atoms with Crippen LogP contribution in [0.1, 0.15) is 0 Å². The van der Waals surface area contributed by atoms with Gasteiger partial charge in [-0.25, -0.2) is 4.39 Å².